The first-order chi connectivity index (χ1) is 9.29. The maximum Gasteiger partial charge on any atom is 0.127 e. The Morgan fingerprint density at radius 3 is 3.32 bits per heavy atom. The van der Waals surface area contributed by atoms with Crippen molar-refractivity contribution in [1.29, 1.82) is 0 Å². The molecule has 5 heteroatoms. The monoisotopic (exact) mass is 277 g/mol. The van der Waals surface area contributed by atoms with Gasteiger partial charge in [-0.2, -0.15) is 0 Å². The molecule has 2 N–H and O–H groups in total. The van der Waals surface area contributed by atoms with E-state index in [-0.39, 0.29) is 0 Å². The number of fused-ring (bicyclic) bond motifs is 1. The number of nitrogens with two attached hydrogens (primary N) is 1. The number of ether oxygens (including phenoxy) is 1. The number of nitrogens with zero attached hydrogens (tertiary/aromatic N) is 2. The van der Waals surface area contributed by atoms with Crippen LogP contribution in [-0.4, -0.2) is 31.8 Å². The Morgan fingerprint density at radius 2 is 2.47 bits per heavy atom. The second-order valence-corrected chi connectivity index (χ2v) is 5.97. The van der Waals surface area contributed by atoms with Crippen molar-refractivity contribution in [2.75, 3.05) is 37.4 Å². The van der Waals surface area contributed by atoms with Crippen molar-refractivity contribution in [3.8, 4) is 0 Å². The molecule has 4 nitrogen and oxygen atoms in total. The predicted molar refractivity (Wildman–Crippen MR) is 80.8 cm³/mol. The number of pyridine rings is 1. The molecule has 0 spiro atoms. The Bertz CT molecular complexity index is 567. The average molecular weight is 277 g/mol. The number of hydrogen-bond acceptors (Lipinski definition) is 5. The lowest BCUT2D eigenvalue weighted by Gasteiger charge is -2.34. The smallest absolute Gasteiger partial charge is 0.127 e. The molecule has 0 unspecified atom stereocenters. The van der Waals surface area contributed by atoms with E-state index in [2.05, 4.69) is 16.0 Å². The van der Waals surface area contributed by atoms with Crippen LogP contribution >= 0.6 is 11.3 Å². The van der Waals surface area contributed by atoms with Crippen molar-refractivity contribution < 1.29 is 4.74 Å². The predicted octanol–water partition coefficient (Wildman–Crippen LogP) is 2.74. The Morgan fingerprint density at radius 1 is 1.58 bits per heavy atom. The van der Waals surface area contributed by atoms with Crippen molar-refractivity contribution in [3.05, 3.63) is 17.6 Å². The molecule has 0 saturated carbocycles. The summed E-state index contributed by atoms with van der Waals surface area (Å²) in [4.78, 5) is 7.86. The lowest BCUT2D eigenvalue weighted by Crippen LogP contribution is -2.37. The quantitative estimate of drug-likeness (QED) is 0.937. The van der Waals surface area contributed by atoms with Crippen molar-refractivity contribution in [2.24, 2.45) is 5.92 Å². The molecule has 1 atom stereocenters. The van der Waals surface area contributed by atoms with Gasteiger partial charge in [0.2, 0.25) is 0 Å². The zero-order valence-electron chi connectivity index (χ0n) is 11.1. The highest BCUT2D eigenvalue weighted by Gasteiger charge is 2.22. The Kier molecular flexibility index (Phi) is 3.57. The van der Waals surface area contributed by atoms with E-state index in [1.165, 1.54) is 18.5 Å². The van der Waals surface area contributed by atoms with Crippen molar-refractivity contribution >= 4 is 32.9 Å². The van der Waals surface area contributed by atoms with Crippen LogP contribution in [-0.2, 0) is 4.74 Å². The highest BCUT2D eigenvalue weighted by Crippen LogP contribution is 2.36. The maximum absolute atomic E-state index is 6.10. The number of aromatic nitrogens is 1. The van der Waals surface area contributed by atoms with Gasteiger partial charge in [-0.15, -0.1) is 11.3 Å². The van der Waals surface area contributed by atoms with E-state index in [1.54, 1.807) is 18.4 Å². The summed E-state index contributed by atoms with van der Waals surface area (Å²) in [7, 11) is 1.78. The largest absolute Gasteiger partial charge is 0.397 e. The Labute approximate surface area is 117 Å². The van der Waals surface area contributed by atoms with Crippen LogP contribution in [0.15, 0.2) is 17.6 Å². The van der Waals surface area contributed by atoms with Gasteiger partial charge in [-0.3, -0.25) is 0 Å². The van der Waals surface area contributed by atoms with E-state index in [0.29, 0.717) is 5.92 Å². The van der Waals surface area contributed by atoms with Crippen LogP contribution in [0.4, 0.5) is 11.4 Å². The van der Waals surface area contributed by atoms with Crippen LogP contribution in [0, 0.1) is 5.92 Å². The van der Waals surface area contributed by atoms with E-state index in [1.807, 2.05) is 11.6 Å². The summed E-state index contributed by atoms with van der Waals surface area (Å²) in [6.45, 7) is 2.97. The minimum atomic E-state index is 0.613. The Balaban J connectivity index is 1.93. The van der Waals surface area contributed by atoms with Crippen LogP contribution in [0.25, 0.3) is 10.2 Å². The number of thiophene rings is 1. The Hall–Kier alpha value is -1.33. The van der Waals surface area contributed by atoms with Crippen LogP contribution in [0.3, 0.4) is 0 Å². The first-order valence-corrected chi connectivity index (χ1v) is 7.53. The number of rotatable bonds is 3. The molecule has 0 amide bonds. The summed E-state index contributed by atoms with van der Waals surface area (Å²) in [5, 5.41) is 3.10. The number of piperidine rings is 1. The molecule has 2 aromatic rings. The van der Waals surface area contributed by atoms with Gasteiger partial charge in [0.05, 0.1) is 23.4 Å². The normalized spacial score (nSPS) is 20.1. The highest BCUT2D eigenvalue weighted by molar-refractivity contribution is 7.17. The van der Waals surface area contributed by atoms with E-state index in [0.717, 1.165) is 35.6 Å². The molecule has 0 radical (unpaired) electrons. The first kappa shape index (κ1) is 12.7. The number of nitrogen functional groups attached to an aromatic ring is 1. The van der Waals surface area contributed by atoms with Gasteiger partial charge >= 0.3 is 0 Å². The molecule has 3 rings (SSSR count). The third-order valence-electron chi connectivity index (χ3n) is 3.74. The fraction of sp³-hybridized carbons (Fsp3) is 0.500. The molecular formula is C14H19N3OS. The molecule has 1 fully saturated rings. The summed E-state index contributed by atoms with van der Waals surface area (Å²) in [5.74, 6) is 0.613. The van der Waals surface area contributed by atoms with Gasteiger partial charge in [0.25, 0.3) is 0 Å². The summed E-state index contributed by atoms with van der Waals surface area (Å²) in [6.07, 6.45) is 4.34. The highest BCUT2D eigenvalue weighted by atomic mass is 32.1. The zero-order valence-corrected chi connectivity index (χ0v) is 11.9. The fourth-order valence-corrected chi connectivity index (χ4v) is 3.71. The topological polar surface area (TPSA) is 51.4 Å². The molecule has 2 aromatic heterocycles. The van der Waals surface area contributed by atoms with Crippen LogP contribution in [0.2, 0.25) is 0 Å². The van der Waals surface area contributed by atoms with Gasteiger partial charge in [-0.25, -0.2) is 4.98 Å². The van der Waals surface area contributed by atoms with Crippen LogP contribution < -0.4 is 10.6 Å². The average Bonchev–Trinajstić information content (AvgIpc) is 2.82. The summed E-state index contributed by atoms with van der Waals surface area (Å²) in [5.41, 5.74) is 8.17. The number of methoxy groups -OCH3 is 1. The van der Waals surface area contributed by atoms with Crippen molar-refractivity contribution in [2.45, 2.75) is 12.8 Å². The first-order valence-electron chi connectivity index (χ1n) is 6.65. The van der Waals surface area contributed by atoms with Crippen LogP contribution in [0.5, 0.6) is 0 Å². The third-order valence-corrected chi connectivity index (χ3v) is 4.65. The van der Waals surface area contributed by atoms with Gasteiger partial charge in [-0.1, -0.05) is 0 Å². The molecule has 0 aromatic carbocycles. The minimum absolute atomic E-state index is 0.613. The fourth-order valence-electron chi connectivity index (χ4n) is 2.89. The molecular weight excluding hydrogens is 258 g/mol. The van der Waals surface area contributed by atoms with Crippen LogP contribution in [0.1, 0.15) is 12.8 Å². The van der Waals surface area contributed by atoms with Gasteiger partial charge in [0.15, 0.2) is 0 Å². The summed E-state index contributed by atoms with van der Waals surface area (Å²) < 4.78 is 5.30. The molecule has 1 aliphatic rings. The number of anilines is 2. The van der Waals surface area contributed by atoms with Gasteiger partial charge in [0.1, 0.15) is 4.83 Å². The lowest BCUT2D eigenvalue weighted by molar-refractivity contribution is 0.143. The summed E-state index contributed by atoms with van der Waals surface area (Å²) in [6, 6.07) is 2.08. The van der Waals surface area contributed by atoms with E-state index < -0.39 is 0 Å². The second kappa shape index (κ2) is 5.35. The molecule has 1 aliphatic heterocycles. The van der Waals surface area contributed by atoms with E-state index in [4.69, 9.17) is 10.5 Å². The third kappa shape index (κ3) is 2.40. The lowest BCUT2D eigenvalue weighted by atomic mass is 9.98. The second-order valence-electron chi connectivity index (χ2n) is 5.11. The maximum atomic E-state index is 6.10. The standard InChI is InChI=1S/C14H19N3OS/c1-18-8-10-3-2-6-17(7-10)12-4-5-16-14-13(12)11(15)9-19-14/h4-5,9-10H,2-3,6-8,15H2,1H3/t10-/m0/s1. The van der Waals surface area contributed by atoms with Gasteiger partial charge in [0, 0.05) is 31.8 Å². The number of hydrogen-bond donors (Lipinski definition) is 1. The minimum Gasteiger partial charge on any atom is -0.397 e. The molecule has 0 aliphatic carbocycles. The molecule has 1 saturated heterocycles. The molecule has 19 heavy (non-hydrogen) atoms. The van der Waals surface area contributed by atoms with Gasteiger partial charge < -0.3 is 15.4 Å². The van der Waals surface area contributed by atoms with E-state index in [9.17, 15) is 0 Å². The zero-order chi connectivity index (χ0) is 13.2. The molecule has 3 heterocycles. The van der Waals surface area contributed by atoms with Gasteiger partial charge in [-0.05, 0) is 24.8 Å². The van der Waals surface area contributed by atoms with Crippen molar-refractivity contribution in [3.63, 3.8) is 0 Å². The molecule has 102 valence electrons. The van der Waals surface area contributed by atoms with Crippen molar-refractivity contribution in [1.82, 2.24) is 4.98 Å². The SMILES string of the molecule is COC[C@H]1CCCN(c2ccnc3scc(N)c23)C1. The van der Waals surface area contributed by atoms with E-state index >= 15 is 0 Å². The summed E-state index contributed by atoms with van der Waals surface area (Å²) >= 11 is 1.62. The molecule has 0 bridgehead atoms.